The number of halogens is 1. The maximum Gasteiger partial charge on any atom is 0.249 e. The summed E-state index contributed by atoms with van der Waals surface area (Å²) in [5.41, 5.74) is -0.189. The molecule has 1 aromatic rings. The molecule has 2 rings (SSSR count). The molecule has 1 aliphatic rings. The molecule has 2 amide bonds. The van der Waals surface area contributed by atoms with Crippen LogP contribution in [-0.4, -0.2) is 27.8 Å². The molecule has 1 atom stereocenters. The third kappa shape index (κ3) is 3.53. The van der Waals surface area contributed by atoms with Crippen molar-refractivity contribution in [2.45, 2.75) is 45.1 Å². The summed E-state index contributed by atoms with van der Waals surface area (Å²) in [6, 6.07) is 1.28. The Balaban J connectivity index is 2.19. The fourth-order valence-electron chi connectivity index (χ4n) is 1.84. The number of anilines is 1. The van der Waals surface area contributed by atoms with Crippen LogP contribution in [0.3, 0.4) is 0 Å². The van der Waals surface area contributed by atoms with Crippen molar-refractivity contribution in [2.24, 2.45) is 0 Å². The van der Waals surface area contributed by atoms with Crippen molar-refractivity contribution in [3.05, 3.63) is 16.5 Å². The van der Waals surface area contributed by atoms with E-state index >= 15 is 0 Å². The van der Waals surface area contributed by atoms with Crippen molar-refractivity contribution >= 4 is 33.6 Å². The first-order valence-corrected chi connectivity index (χ1v) is 7.20. The van der Waals surface area contributed by atoms with Gasteiger partial charge in [-0.3, -0.25) is 14.9 Å². The van der Waals surface area contributed by atoms with E-state index in [-0.39, 0.29) is 17.2 Å². The highest BCUT2D eigenvalue weighted by Crippen LogP contribution is 2.23. The average molecular weight is 341 g/mol. The molecule has 2 heterocycles. The van der Waals surface area contributed by atoms with Gasteiger partial charge in [0.2, 0.25) is 11.8 Å². The quantitative estimate of drug-likeness (QED) is 0.633. The number of carbonyl (C=O) groups excluding carboxylic acids is 2. The van der Waals surface area contributed by atoms with E-state index in [9.17, 15) is 9.59 Å². The Morgan fingerprint density at radius 2 is 2.05 bits per heavy atom. The lowest BCUT2D eigenvalue weighted by Crippen LogP contribution is -2.47. The summed E-state index contributed by atoms with van der Waals surface area (Å²) < 4.78 is 0.659. The SMILES string of the molecule is CC(C)(C)c1nc(Br)cc(NC2CCC(=O)NC2=O)n1. The van der Waals surface area contributed by atoms with Crippen LogP contribution in [0.5, 0.6) is 0 Å². The number of amides is 2. The predicted octanol–water partition coefficient (Wildman–Crippen LogP) is 1.75. The van der Waals surface area contributed by atoms with Gasteiger partial charge < -0.3 is 5.32 Å². The van der Waals surface area contributed by atoms with Crippen molar-refractivity contribution in [1.82, 2.24) is 15.3 Å². The van der Waals surface area contributed by atoms with Gasteiger partial charge in [0, 0.05) is 17.9 Å². The number of nitrogens with zero attached hydrogens (tertiary/aromatic N) is 2. The van der Waals surface area contributed by atoms with Crippen molar-refractivity contribution in [3.63, 3.8) is 0 Å². The van der Waals surface area contributed by atoms with Gasteiger partial charge in [-0.25, -0.2) is 9.97 Å². The number of piperidine rings is 1. The lowest BCUT2D eigenvalue weighted by atomic mass is 9.96. The Kier molecular flexibility index (Phi) is 4.08. The third-order valence-corrected chi connectivity index (χ3v) is 3.33. The Hall–Kier alpha value is -1.50. The van der Waals surface area contributed by atoms with Crippen molar-refractivity contribution < 1.29 is 9.59 Å². The highest BCUT2D eigenvalue weighted by Gasteiger charge is 2.27. The second-order valence-corrected chi connectivity index (χ2v) is 6.61. The first kappa shape index (κ1) is 14.9. The second kappa shape index (κ2) is 5.47. The lowest BCUT2D eigenvalue weighted by Gasteiger charge is -2.23. The van der Waals surface area contributed by atoms with Gasteiger partial charge in [0.25, 0.3) is 0 Å². The molecule has 108 valence electrons. The molecule has 7 heteroatoms. The summed E-state index contributed by atoms with van der Waals surface area (Å²) in [5.74, 6) is 0.716. The molecule has 0 spiro atoms. The number of imide groups is 1. The number of rotatable bonds is 2. The Bertz CT molecular complexity index is 554. The van der Waals surface area contributed by atoms with Crippen LogP contribution in [0.4, 0.5) is 5.82 Å². The molecule has 1 aliphatic heterocycles. The number of hydrogen-bond acceptors (Lipinski definition) is 5. The highest BCUT2D eigenvalue weighted by atomic mass is 79.9. The van der Waals surface area contributed by atoms with Gasteiger partial charge in [0.1, 0.15) is 22.3 Å². The molecular formula is C13H17BrN4O2. The van der Waals surface area contributed by atoms with E-state index in [0.717, 1.165) is 0 Å². The van der Waals surface area contributed by atoms with Crippen LogP contribution in [-0.2, 0) is 15.0 Å². The zero-order chi connectivity index (χ0) is 14.9. The maximum absolute atomic E-state index is 11.7. The fourth-order valence-corrected chi connectivity index (χ4v) is 2.22. The highest BCUT2D eigenvalue weighted by molar-refractivity contribution is 9.10. The molecule has 20 heavy (non-hydrogen) atoms. The van der Waals surface area contributed by atoms with Crippen LogP contribution in [0.2, 0.25) is 0 Å². The minimum absolute atomic E-state index is 0.189. The summed E-state index contributed by atoms with van der Waals surface area (Å²) in [6.07, 6.45) is 0.804. The number of hydrogen-bond donors (Lipinski definition) is 2. The molecule has 1 fully saturated rings. The Morgan fingerprint density at radius 1 is 1.35 bits per heavy atom. The van der Waals surface area contributed by atoms with Crippen LogP contribution in [0.15, 0.2) is 10.7 Å². The molecule has 0 radical (unpaired) electrons. The average Bonchev–Trinajstić information content (AvgIpc) is 2.31. The fraction of sp³-hybridized carbons (Fsp3) is 0.538. The van der Waals surface area contributed by atoms with Gasteiger partial charge in [-0.1, -0.05) is 20.8 Å². The van der Waals surface area contributed by atoms with Crippen LogP contribution < -0.4 is 10.6 Å². The number of aromatic nitrogens is 2. The second-order valence-electron chi connectivity index (χ2n) is 5.80. The standard InChI is InChI=1S/C13H17BrN4O2/c1-13(2,3)12-16-8(14)6-9(17-12)15-7-4-5-10(19)18-11(7)20/h6-7H,4-5H2,1-3H3,(H,15,16,17)(H,18,19,20). The molecule has 1 aromatic heterocycles. The van der Waals surface area contributed by atoms with E-state index in [0.29, 0.717) is 29.1 Å². The molecular weight excluding hydrogens is 324 g/mol. The monoisotopic (exact) mass is 340 g/mol. The molecule has 2 N–H and O–H groups in total. The van der Waals surface area contributed by atoms with Gasteiger partial charge in [-0.2, -0.15) is 0 Å². The molecule has 6 nitrogen and oxygen atoms in total. The first-order chi connectivity index (χ1) is 9.25. The summed E-state index contributed by atoms with van der Waals surface area (Å²) in [5, 5.41) is 5.37. The van der Waals surface area contributed by atoms with Gasteiger partial charge in [0.05, 0.1) is 0 Å². The van der Waals surface area contributed by atoms with Crippen molar-refractivity contribution in [3.8, 4) is 0 Å². The summed E-state index contributed by atoms with van der Waals surface area (Å²) in [7, 11) is 0. The summed E-state index contributed by atoms with van der Waals surface area (Å²) in [6.45, 7) is 6.06. The molecule has 0 bridgehead atoms. The van der Waals surface area contributed by atoms with Gasteiger partial charge in [-0.05, 0) is 22.4 Å². The van der Waals surface area contributed by atoms with Gasteiger partial charge >= 0.3 is 0 Å². The minimum atomic E-state index is -0.442. The topological polar surface area (TPSA) is 84.0 Å². The summed E-state index contributed by atoms with van der Waals surface area (Å²) >= 11 is 3.35. The summed E-state index contributed by atoms with van der Waals surface area (Å²) in [4.78, 5) is 31.6. The zero-order valence-electron chi connectivity index (χ0n) is 11.7. The van der Waals surface area contributed by atoms with E-state index in [2.05, 4.69) is 36.5 Å². The molecule has 0 aliphatic carbocycles. The van der Waals surface area contributed by atoms with Crippen molar-refractivity contribution in [1.29, 1.82) is 0 Å². The zero-order valence-corrected chi connectivity index (χ0v) is 13.2. The van der Waals surface area contributed by atoms with E-state index in [1.807, 2.05) is 20.8 Å². The molecule has 1 saturated heterocycles. The number of nitrogens with one attached hydrogen (secondary N) is 2. The predicted molar refractivity (Wildman–Crippen MR) is 78.2 cm³/mol. The maximum atomic E-state index is 11.7. The minimum Gasteiger partial charge on any atom is -0.358 e. The van der Waals surface area contributed by atoms with Gasteiger partial charge in [-0.15, -0.1) is 0 Å². The Morgan fingerprint density at radius 3 is 2.65 bits per heavy atom. The third-order valence-electron chi connectivity index (χ3n) is 2.93. The normalized spacial score (nSPS) is 19.7. The smallest absolute Gasteiger partial charge is 0.249 e. The van der Waals surface area contributed by atoms with E-state index in [1.54, 1.807) is 6.07 Å². The molecule has 0 saturated carbocycles. The lowest BCUT2D eigenvalue weighted by molar-refractivity contribution is -0.133. The van der Waals surface area contributed by atoms with E-state index in [4.69, 9.17) is 0 Å². The first-order valence-electron chi connectivity index (χ1n) is 6.41. The van der Waals surface area contributed by atoms with E-state index < -0.39 is 6.04 Å². The molecule has 0 aromatic carbocycles. The van der Waals surface area contributed by atoms with Crippen LogP contribution in [0.1, 0.15) is 39.4 Å². The van der Waals surface area contributed by atoms with Crippen molar-refractivity contribution in [2.75, 3.05) is 5.32 Å². The van der Waals surface area contributed by atoms with Crippen LogP contribution in [0, 0.1) is 0 Å². The number of carbonyl (C=O) groups is 2. The van der Waals surface area contributed by atoms with Gasteiger partial charge in [0.15, 0.2) is 0 Å². The van der Waals surface area contributed by atoms with Crippen LogP contribution >= 0.6 is 15.9 Å². The molecule has 1 unspecified atom stereocenters. The van der Waals surface area contributed by atoms with E-state index in [1.165, 1.54) is 0 Å². The van der Waals surface area contributed by atoms with Crippen LogP contribution in [0.25, 0.3) is 0 Å². The Labute approximate surface area is 125 Å². The largest absolute Gasteiger partial charge is 0.358 e.